The number of carbonyl (C=O) groups is 2. The summed E-state index contributed by atoms with van der Waals surface area (Å²) in [6.45, 7) is 0. The number of aromatic nitrogens is 2. The molecule has 27 heavy (non-hydrogen) atoms. The highest BCUT2D eigenvalue weighted by Crippen LogP contribution is 2.19. The normalized spacial score (nSPS) is 10.9. The average molecular weight is 360 g/mol. The van der Waals surface area contributed by atoms with Crippen LogP contribution in [0.15, 0.2) is 65.6 Å². The second-order valence-electron chi connectivity index (χ2n) is 6.18. The minimum atomic E-state index is -0.685. The van der Waals surface area contributed by atoms with Gasteiger partial charge in [-0.3, -0.25) is 25.2 Å². The third kappa shape index (κ3) is 2.95. The highest BCUT2D eigenvalue weighted by Gasteiger charge is 2.16. The molecule has 0 aliphatic heterocycles. The predicted octanol–water partition coefficient (Wildman–Crippen LogP) is 2.09. The van der Waals surface area contributed by atoms with E-state index in [0.29, 0.717) is 11.1 Å². The summed E-state index contributed by atoms with van der Waals surface area (Å²) < 4.78 is 1.83. The largest absolute Gasteiger partial charge is 0.350 e. The van der Waals surface area contributed by atoms with Crippen LogP contribution in [0.4, 0.5) is 0 Å². The molecule has 7 nitrogen and oxygen atoms in total. The Morgan fingerprint density at radius 1 is 0.926 bits per heavy atom. The highest BCUT2D eigenvalue weighted by atomic mass is 16.2. The Hall–Kier alpha value is -3.87. The van der Waals surface area contributed by atoms with Gasteiger partial charge >= 0.3 is 0 Å². The molecule has 2 aromatic carbocycles. The van der Waals surface area contributed by atoms with Gasteiger partial charge in [-0.05, 0) is 23.6 Å². The van der Waals surface area contributed by atoms with Gasteiger partial charge in [-0.15, -0.1) is 0 Å². The Bertz CT molecular complexity index is 1250. The Kier molecular flexibility index (Phi) is 3.97. The van der Waals surface area contributed by atoms with Gasteiger partial charge in [-0.1, -0.05) is 36.4 Å². The van der Waals surface area contributed by atoms with Crippen LogP contribution >= 0.6 is 0 Å². The quantitative estimate of drug-likeness (QED) is 0.478. The fourth-order valence-electron chi connectivity index (χ4n) is 3.09. The molecule has 0 atom stereocenters. The van der Waals surface area contributed by atoms with Gasteiger partial charge in [-0.25, -0.2) is 0 Å². The highest BCUT2D eigenvalue weighted by molar-refractivity contribution is 6.08. The lowest BCUT2D eigenvalue weighted by molar-refractivity contribution is 0.0846. The molecule has 4 rings (SSSR count). The number of pyridine rings is 1. The average Bonchev–Trinajstić information content (AvgIpc) is 3.02. The lowest BCUT2D eigenvalue weighted by Gasteiger charge is -2.07. The van der Waals surface area contributed by atoms with Crippen LogP contribution in [-0.4, -0.2) is 21.4 Å². The molecule has 7 heteroatoms. The van der Waals surface area contributed by atoms with E-state index in [-0.39, 0.29) is 5.56 Å². The van der Waals surface area contributed by atoms with E-state index in [1.165, 1.54) is 6.07 Å². The van der Waals surface area contributed by atoms with E-state index < -0.39 is 17.4 Å². The van der Waals surface area contributed by atoms with Crippen LogP contribution in [0.5, 0.6) is 0 Å². The molecule has 0 aliphatic carbocycles. The van der Waals surface area contributed by atoms with E-state index in [1.54, 1.807) is 24.4 Å². The zero-order valence-corrected chi connectivity index (χ0v) is 14.4. The number of benzene rings is 2. The summed E-state index contributed by atoms with van der Waals surface area (Å²) in [5.41, 5.74) is 6.05. The summed E-state index contributed by atoms with van der Waals surface area (Å²) in [6.07, 6.45) is 1.69. The van der Waals surface area contributed by atoms with E-state index in [1.807, 2.05) is 41.9 Å². The zero-order chi connectivity index (χ0) is 19.0. The third-order valence-electron chi connectivity index (χ3n) is 4.43. The van der Waals surface area contributed by atoms with E-state index in [2.05, 4.69) is 15.8 Å². The number of nitrogens with one attached hydrogen (secondary N) is 3. The number of hydrogen-bond donors (Lipinski definition) is 3. The van der Waals surface area contributed by atoms with Crippen LogP contribution in [0.3, 0.4) is 0 Å². The second kappa shape index (κ2) is 6.45. The fraction of sp³-hybridized carbons (Fsp3) is 0.0500. The lowest BCUT2D eigenvalue weighted by Crippen LogP contribution is -2.43. The molecule has 2 heterocycles. The molecule has 0 saturated carbocycles. The van der Waals surface area contributed by atoms with Crippen molar-refractivity contribution in [2.24, 2.45) is 7.05 Å². The van der Waals surface area contributed by atoms with E-state index >= 15 is 0 Å². The molecule has 0 aliphatic rings. The standard InChI is InChI=1S/C20H16N4O3/c1-24-11-15(13-7-3-5-9-17(13)24)20(27)23-22-19(26)14-10-12-6-2-4-8-16(12)21-18(14)25/h2-11H,1H3,(H,21,25)(H,22,26)(H,23,27). The number of aromatic amines is 1. The number of aryl methyl sites for hydroxylation is 1. The number of nitrogens with zero attached hydrogens (tertiary/aromatic N) is 1. The van der Waals surface area contributed by atoms with Crippen LogP contribution in [0, 0.1) is 0 Å². The molecule has 2 amide bonds. The van der Waals surface area contributed by atoms with Crippen LogP contribution < -0.4 is 16.4 Å². The molecule has 4 aromatic rings. The maximum absolute atomic E-state index is 12.5. The van der Waals surface area contributed by atoms with Gasteiger partial charge in [0.2, 0.25) is 0 Å². The number of fused-ring (bicyclic) bond motifs is 2. The summed E-state index contributed by atoms with van der Waals surface area (Å²) in [4.78, 5) is 39.6. The van der Waals surface area contributed by atoms with Crippen molar-refractivity contribution in [1.82, 2.24) is 20.4 Å². The second-order valence-corrected chi connectivity index (χ2v) is 6.18. The third-order valence-corrected chi connectivity index (χ3v) is 4.43. The molecule has 0 saturated heterocycles. The molecule has 0 unspecified atom stereocenters. The fourth-order valence-corrected chi connectivity index (χ4v) is 3.09. The minimum absolute atomic E-state index is 0.0769. The maximum Gasteiger partial charge on any atom is 0.275 e. The first-order chi connectivity index (χ1) is 13.0. The smallest absolute Gasteiger partial charge is 0.275 e. The first kappa shape index (κ1) is 16.6. The van der Waals surface area contributed by atoms with Crippen molar-refractivity contribution in [1.29, 1.82) is 0 Å². The Morgan fingerprint density at radius 2 is 1.59 bits per heavy atom. The Labute approximate surface area is 153 Å². The summed E-state index contributed by atoms with van der Waals surface area (Å²) in [5, 5.41) is 1.50. The molecule has 134 valence electrons. The van der Waals surface area contributed by atoms with Crippen LogP contribution in [0.25, 0.3) is 21.8 Å². The van der Waals surface area contributed by atoms with Crippen molar-refractivity contribution in [3.63, 3.8) is 0 Å². The van der Waals surface area contributed by atoms with Gasteiger partial charge in [0, 0.05) is 29.7 Å². The van der Waals surface area contributed by atoms with Crippen LogP contribution in [-0.2, 0) is 7.05 Å². The van der Waals surface area contributed by atoms with Crippen molar-refractivity contribution >= 4 is 33.6 Å². The van der Waals surface area contributed by atoms with Crippen molar-refractivity contribution in [3.05, 3.63) is 82.3 Å². The number of para-hydroxylation sites is 2. The van der Waals surface area contributed by atoms with Gasteiger partial charge in [0.1, 0.15) is 5.56 Å². The van der Waals surface area contributed by atoms with Gasteiger partial charge in [-0.2, -0.15) is 0 Å². The summed E-state index contributed by atoms with van der Waals surface area (Å²) in [6, 6.07) is 16.1. The molecule has 0 spiro atoms. The molecule has 3 N–H and O–H groups in total. The maximum atomic E-state index is 12.5. The molecule has 0 radical (unpaired) electrons. The lowest BCUT2D eigenvalue weighted by atomic mass is 10.1. The molecule has 2 aromatic heterocycles. The number of H-pyrrole nitrogens is 1. The molecular formula is C20H16N4O3. The van der Waals surface area contributed by atoms with Gasteiger partial charge < -0.3 is 9.55 Å². The van der Waals surface area contributed by atoms with E-state index in [4.69, 9.17) is 0 Å². The van der Waals surface area contributed by atoms with Gasteiger partial charge in [0.15, 0.2) is 0 Å². The van der Waals surface area contributed by atoms with E-state index in [9.17, 15) is 14.4 Å². The number of amides is 2. The summed E-state index contributed by atoms with van der Waals surface area (Å²) >= 11 is 0. The van der Waals surface area contributed by atoms with Gasteiger partial charge in [0.25, 0.3) is 17.4 Å². The SMILES string of the molecule is Cn1cc(C(=O)NNC(=O)c2cc3ccccc3[nH]c2=O)c2ccccc21. The summed E-state index contributed by atoms with van der Waals surface area (Å²) in [5.74, 6) is -1.15. The number of carbonyl (C=O) groups excluding carboxylic acids is 2. The van der Waals surface area contributed by atoms with Crippen LogP contribution in [0.2, 0.25) is 0 Å². The minimum Gasteiger partial charge on any atom is -0.350 e. The zero-order valence-electron chi connectivity index (χ0n) is 14.4. The van der Waals surface area contributed by atoms with Crippen molar-refractivity contribution in [2.45, 2.75) is 0 Å². The Morgan fingerprint density at radius 3 is 2.41 bits per heavy atom. The van der Waals surface area contributed by atoms with Crippen molar-refractivity contribution in [2.75, 3.05) is 0 Å². The topological polar surface area (TPSA) is 96.0 Å². The van der Waals surface area contributed by atoms with Crippen molar-refractivity contribution < 1.29 is 9.59 Å². The first-order valence-corrected chi connectivity index (χ1v) is 8.31. The number of hydrogen-bond acceptors (Lipinski definition) is 3. The van der Waals surface area contributed by atoms with Crippen LogP contribution in [0.1, 0.15) is 20.7 Å². The van der Waals surface area contributed by atoms with Gasteiger partial charge in [0.05, 0.1) is 5.56 Å². The molecule has 0 bridgehead atoms. The Balaban J connectivity index is 1.56. The summed E-state index contributed by atoms with van der Waals surface area (Å²) in [7, 11) is 1.84. The molecule has 0 fully saturated rings. The number of rotatable bonds is 2. The monoisotopic (exact) mass is 360 g/mol. The van der Waals surface area contributed by atoms with E-state index in [0.717, 1.165) is 16.3 Å². The number of hydrazine groups is 1. The first-order valence-electron chi connectivity index (χ1n) is 8.31. The predicted molar refractivity (Wildman–Crippen MR) is 102 cm³/mol. The van der Waals surface area contributed by atoms with Crippen molar-refractivity contribution in [3.8, 4) is 0 Å². The molecular weight excluding hydrogens is 344 g/mol.